The first-order valence-corrected chi connectivity index (χ1v) is 12.2. The van der Waals surface area contributed by atoms with Crippen LogP contribution in [0.4, 0.5) is 11.4 Å². The van der Waals surface area contributed by atoms with E-state index in [1.807, 2.05) is 48.5 Å². The molecule has 2 amide bonds. The molecule has 4 aromatic rings. The molecule has 1 N–H and O–H groups in total. The zero-order valence-corrected chi connectivity index (χ0v) is 21.0. The maximum atomic E-state index is 13.3. The first kappa shape index (κ1) is 26.4. The van der Waals surface area contributed by atoms with E-state index in [9.17, 15) is 19.7 Å². The van der Waals surface area contributed by atoms with E-state index in [0.717, 1.165) is 6.07 Å². The van der Waals surface area contributed by atoms with Crippen LogP contribution in [0.1, 0.15) is 27.1 Å². The van der Waals surface area contributed by atoms with Crippen LogP contribution in [0.5, 0.6) is 11.5 Å². The van der Waals surface area contributed by atoms with E-state index < -0.39 is 10.8 Å². The SMILES string of the molecule is O=C(NCCCN(C(=O)c1ccccc1)c1ccc(Oc2ccccc2)cc1)c1ccc([N+](=O)[O-])cc1Cl. The first-order valence-electron chi connectivity index (χ1n) is 11.8. The van der Waals surface area contributed by atoms with Crippen molar-refractivity contribution in [3.05, 3.63) is 129 Å². The van der Waals surface area contributed by atoms with Crippen molar-refractivity contribution in [2.45, 2.75) is 6.42 Å². The average Bonchev–Trinajstić information content (AvgIpc) is 2.94. The summed E-state index contributed by atoms with van der Waals surface area (Å²) in [6.45, 7) is 0.598. The van der Waals surface area contributed by atoms with Gasteiger partial charge in [-0.2, -0.15) is 0 Å². The molecule has 0 aliphatic carbocycles. The van der Waals surface area contributed by atoms with E-state index in [4.69, 9.17) is 16.3 Å². The quantitative estimate of drug-likeness (QED) is 0.143. The fourth-order valence-electron chi connectivity index (χ4n) is 3.74. The number of hydrogen-bond donors (Lipinski definition) is 1. The van der Waals surface area contributed by atoms with Gasteiger partial charge in [0.25, 0.3) is 17.5 Å². The maximum Gasteiger partial charge on any atom is 0.270 e. The van der Waals surface area contributed by atoms with Gasteiger partial charge in [0.2, 0.25) is 0 Å². The van der Waals surface area contributed by atoms with E-state index in [1.54, 1.807) is 41.3 Å². The molecule has 0 saturated carbocycles. The molecule has 0 bridgehead atoms. The van der Waals surface area contributed by atoms with Gasteiger partial charge < -0.3 is 15.0 Å². The molecule has 0 heterocycles. The number of hydrogen-bond acceptors (Lipinski definition) is 5. The summed E-state index contributed by atoms with van der Waals surface area (Å²) in [4.78, 5) is 37.8. The first-order chi connectivity index (χ1) is 18.4. The third-order valence-corrected chi connectivity index (χ3v) is 5.96. The minimum absolute atomic E-state index is 0.00427. The van der Waals surface area contributed by atoms with Crippen molar-refractivity contribution >= 4 is 34.8 Å². The lowest BCUT2D eigenvalue weighted by molar-refractivity contribution is -0.384. The minimum Gasteiger partial charge on any atom is -0.457 e. The van der Waals surface area contributed by atoms with E-state index in [0.29, 0.717) is 35.7 Å². The highest BCUT2D eigenvalue weighted by Gasteiger charge is 2.19. The van der Waals surface area contributed by atoms with Crippen LogP contribution < -0.4 is 15.0 Å². The summed E-state index contributed by atoms with van der Waals surface area (Å²) in [5.41, 5.74) is 1.17. The molecular formula is C29H24ClN3O5. The van der Waals surface area contributed by atoms with Gasteiger partial charge in [0.1, 0.15) is 11.5 Å². The average molecular weight is 530 g/mol. The van der Waals surface area contributed by atoms with Gasteiger partial charge in [0.15, 0.2) is 0 Å². The van der Waals surface area contributed by atoms with Crippen molar-refractivity contribution in [1.29, 1.82) is 0 Å². The van der Waals surface area contributed by atoms with Crippen molar-refractivity contribution in [2.24, 2.45) is 0 Å². The number of anilines is 1. The Bertz CT molecular complexity index is 1410. The molecule has 0 aliphatic heterocycles. The van der Waals surface area contributed by atoms with Gasteiger partial charge in [-0.15, -0.1) is 0 Å². The van der Waals surface area contributed by atoms with Gasteiger partial charge in [0.05, 0.1) is 15.5 Å². The van der Waals surface area contributed by atoms with Crippen molar-refractivity contribution in [3.8, 4) is 11.5 Å². The Morgan fingerprint density at radius 2 is 1.50 bits per heavy atom. The van der Waals surface area contributed by atoms with E-state index in [1.165, 1.54) is 12.1 Å². The number of nitrogens with zero attached hydrogens (tertiary/aromatic N) is 2. The highest BCUT2D eigenvalue weighted by molar-refractivity contribution is 6.34. The lowest BCUT2D eigenvalue weighted by Gasteiger charge is -2.23. The monoisotopic (exact) mass is 529 g/mol. The molecule has 0 aliphatic rings. The van der Waals surface area contributed by atoms with Crippen LogP contribution in [0.25, 0.3) is 0 Å². The number of nitro benzene ring substituents is 1. The third-order valence-electron chi connectivity index (χ3n) is 5.65. The van der Waals surface area contributed by atoms with Crippen LogP contribution in [-0.2, 0) is 0 Å². The molecule has 0 fully saturated rings. The predicted octanol–water partition coefficient (Wildman–Crippen LogP) is 6.51. The Morgan fingerprint density at radius 1 is 0.868 bits per heavy atom. The molecule has 0 spiro atoms. The molecule has 192 valence electrons. The molecule has 8 nitrogen and oxygen atoms in total. The molecule has 0 atom stereocenters. The molecule has 38 heavy (non-hydrogen) atoms. The Hall–Kier alpha value is -4.69. The molecule has 0 saturated heterocycles. The van der Waals surface area contributed by atoms with Gasteiger partial charge in [-0.3, -0.25) is 19.7 Å². The number of halogens is 1. The second kappa shape index (κ2) is 12.5. The topological polar surface area (TPSA) is 102 Å². The van der Waals surface area contributed by atoms with Gasteiger partial charge in [-0.05, 0) is 61.0 Å². The number of nitro groups is 1. The minimum atomic E-state index is -0.577. The van der Waals surface area contributed by atoms with E-state index in [-0.39, 0.29) is 28.7 Å². The summed E-state index contributed by atoms with van der Waals surface area (Å²) in [7, 11) is 0. The Labute approximate surface area is 224 Å². The highest BCUT2D eigenvalue weighted by atomic mass is 35.5. The number of ether oxygens (including phenoxy) is 1. The highest BCUT2D eigenvalue weighted by Crippen LogP contribution is 2.26. The van der Waals surface area contributed by atoms with Crippen molar-refractivity contribution in [3.63, 3.8) is 0 Å². The summed E-state index contributed by atoms with van der Waals surface area (Å²) in [6, 6.07) is 29.3. The number of carbonyl (C=O) groups excluding carboxylic acids is 2. The van der Waals surface area contributed by atoms with Crippen LogP contribution in [-0.4, -0.2) is 29.8 Å². The van der Waals surface area contributed by atoms with Crippen LogP contribution in [0, 0.1) is 10.1 Å². The fourth-order valence-corrected chi connectivity index (χ4v) is 4.00. The smallest absolute Gasteiger partial charge is 0.270 e. The third kappa shape index (κ3) is 6.74. The second-order valence-electron chi connectivity index (χ2n) is 8.26. The number of nitrogens with one attached hydrogen (secondary N) is 1. The van der Waals surface area contributed by atoms with Crippen molar-refractivity contribution in [2.75, 3.05) is 18.0 Å². The van der Waals surface area contributed by atoms with Crippen molar-refractivity contribution < 1.29 is 19.2 Å². The Balaban J connectivity index is 1.42. The number of carbonyl (C=O) groups is 2. The molecular weight excluding hydrogens is 506 g/mol. The normalized spacial score (nSPS) is 10.4. The molecule has 0 unspecified atom stereocenters. The Kier molecular flexibility index (Phi) is 8.69. The molecule has 4 rings (SSSR count). The standard InChI is InChI=1S/C29H24ClN3O5/c30-27-20-23(33(36)37)14-17-26(27)28(34)31-18-7-19-32(29(35)21-8-3-1-4-9-21)22-12-15-25(16-13-22)38-24-10-5-2-6-11-24/h1-6,8-17,20H,7,18-19H2,(H,31,34). The Morgan fingerprint density at radius 3 is 2.13 bits per heavy atom. The van der Waals surface area contributed by atoms with E-state index in [2.05, 4.69) is 5.32 Å². The second-order valence-corrected chi connectivity index (χ2v) is 8.67. The van der Waals surface area contributed by atoms with Crippen LogP contribution in [0.3, 0.4) is 0 Å². The number of amides is 2. The van der Waals surface area contributed by atoms with Crippen LogP contribution in [0.15, 0.2) is 103 Å². The molecule has 0 radical (unpaired) electrons. The predicted molar refractivity (Wildman–Crippen MR) is 146 cm³/mol. The summed E-state index contributed by atoms with van der Waals surface area (Å²) in [5, 5.41) is 13.6. The van der Waals surface area contributed by atoms with Gasteiger partial charge in [-0.25, -0.2) is 0 Å². The number of para-hydroxylation sites is 1. The van der Waals surface area contributed by atoms with Crippen molar-refractivity contribution in [1.82, 2.24) is 5.32 Å². The fraction of sp³-hybridized carbons (Fsp3) is 0.103. The van der Waals surface area contributed by atoms with E-state index >= 15 is 0 Å². The summed E-state index contributed by atoms with van der Waals surface area (Å²) >= 11 is 6.06. The van der Waals surface area contributed by atoms with Gasteiger partial charge in [-0.1, -0.05) is 48.0 Å². The zero-order chi connectivity index (χ0) is 26.9. The van der Waals surface area contributed by atoms with Crippen LogP contribution in [0.2, 0.25) is 5.02 Å². The lowest BCUT2D eigenvalue weighted by Crippen LogP contribution is -2.34. The number of non-ortho nitro benzene ring substituents is 1. The van der Waals surface area contributed by atoms with Gasteiger partial charge in [0, 0.05) is 36.5 Å². The summed E-state index contributed by atoms with van der Waals surface area (Å²) in [5.74, 6) is 0.723. The van der Waals surface area contributed by atoms with Crippen LogP contribution >= 0.6 is 11.6 Å². The summed E-state index contributed by atoms with van der Waals surface area (Å²) < 4.78 is 5.86. The zero-order valence-electron chi connectivity index (χ0n) is 20.2. The lowest BCUT2D eigenvalue weighted by atomic mass is 10.1. The number of benzene rings is 4. The van der Waals surface area contributed by atoms with Gasteiger partial charge >= 0.3 is 0 Å². The molecule has 0 aromatic heterocycles. The number of rotatable bonds is 10. The summed E-state index contributed by atoms with van der Waals surface area (Å²) in [6.07, 6.45) is 0.456. The maximum absolute atomic E-state index is 13.3. The molecule has 4 aromatic carbocycles. The molecule has 9 heteroatoms. The largest absolute Gasteiger partial charge is 0.457 e.